The van der Waals surface area contributed by atoms with E-state index in [0.717, 1.165) is 0 Å². The molecular weight excluding hydrogens is 237 g/mol. The van der Waals surface area contributed by atoms with E-state index in [2.05, 4.69) is 4.74 Å². The maximum Gasteiger partial charge on any atom is 0.305 e. The van der Waals surface area contributed by atoms with Crippen molar-refractivity contribution < 1.29 is 18.7 Å². The van der Waals surface area contributed by atoms with Gasteiger partial charge in [0.05, 0.1) is 7.11 Å². The molecule has 0 heterocycles. The minimum atomic E-state index is -0.342. The largest absolute Gasteiger partial charge is 0.469 e. The highest BCUT2D eigenvalue weighted by Gasteiger charge is 2.11. The van der Waals surface area contributed by atoms with Gasteiger partial charge >= 0.3 is 5.97 Å². The van der Waals surface area contributed by atoms with Gasteiger partial charge in [0.15, 0.2) is 0 Å². The van der Waals surface area contributed by atoms with Crippen LogP contribution in [0.4, 0.5) is 10.1 Å². The second kappa shape index (κ2) is 6.74. The Labute approximate surface area is 105 Å². The van der Waals surface area contributed by atoms with Crippen LogP contribution in [0.5, 0.6) is 0 Å². The van der Waals surface area contributed by atoms with Crippen molar-refractivity contribution in [3.8, 4) is 0 Å². The van der Waals surface area contributed by atoms with Crippen molar-refractivity contribution in [2.24, 2.45) is 0 Å². The number of ether oxygens (including phenoxy) is 1. The molecule has 1 rings (SSSR count). The summed E-state index contributed by atoms with van der Waals surface area (Å²) in [5.41, 5.74) is 0.625. The zero-order valence-electron chi connectivity index (χ0n) is 10.5. The van der Waals surface area contributed by atoms with E-state index in [1.54, 1.807) is 7.05 Å². The fourth-order valence-electron chi connectivity index (χ4n) is 1.46. The Balaban J connectivity index is 2.46. The molecule has 0 aliphatic heterocycles. The number of benzene rings is 1. The molecule has 0 aliphatic rings. The Kier molecular flexibility index (Phi) is 5.30. The van der Waals surface area contributed by atoms with E-state index < -0.39 is 0 Å². The predicted molar refractivity (Wildman–Crippen MR) is 65.7 cm³/mol. The second-order valence-electron chi connectivity index (χ2n) is 3.86. The van der Waals surface area contributed by atoms with Crippen LogP contribution in [-0.2, 0) is 14.3 Å². The van der Waals surface area contributed by atoms with Crippen molar-refractivity contribution in [3.63, 3.8) is 0 Å². The summed E-state index contributed by atoms with van der Waals surface area (Å²) in [6.07, 6.45) is 0.916. The molecule has 0 saturated heterocycles. The Morgan fingerprint density at radius 1 is 1.22 bits per heavy atom. The third-order valence-electron chi connectivity index (χ3n) is 2.59. The monoisotopic (exact) mass is 253 g/mol. The van der Waals surface area contributed by atoms with E-state index in [9.17, 15) is 14.0 Å². The quantitative estimate of drug-likeness (QED) is 0.755. The molecule has 1 aromatic carbocycles. The van der Waals surface area contributed by atoms with Crippen LogP contribution in [-0.4, -0.2) is 26.0 Å². The minimum Gasteiger partial charge on any atom is -0.469 e. The second-order valence-corrected chi connectivity index (χ2v) is 3.86. The van der Waals surface area contributed by atoms with Gasteiger partial charge in [0.1, 0.15) is 5.82 Å². The molecule has 0 spiro atoms. The van der Waals surface area contributed by atoms with Gasteiger partial charge in [0, 0.05) is 25.6 Å². The maximum absolute atomic E-state index is 12.7. The molecule has 0 bridgehead atoms. The van der Waals surface area contributed by atoms with Crippen molar-refractivity contribution in [2.75, 3.05) is 19.1 Å². The van der Waals surface area contributed by atoms with Crippen molar-refractivity contribution in [1.82, 2.24) is 0 Å². The van der Waals surface area contributed by atoms with Crippen LogP contribution < -0.4 is 4.90 Å². The average Bonchev–Trinajstić information content (AvgIpc) is 2.38. The summed E-state index contributed by atoms with van der Waals surface area (Å²) in [6, 6.07) is 5.67. The van der Waals surface area contributed by atoms with Gasteiger partial charge in [-0.25, -0.2) is 4.39 Å². The first-order valence-corrected chi connectivity index (χ1v) is 5.63. The van der Waals surface area contributed by atoms with Crippen LogP contribution in [0.15, 0.2) is 24.3 Å². The molecule has 1 aromatic rings. The summed E-state index contributed by atoms with van der Waals surface area (Å²) < 4.78 is 17.2. The molecule has 0 saturated carbocycles. The highest BCUT2D eigenvalue weighted by atomic mass is 19.1. The van der Waals surface area contributed by atoms with E-state index in [4.69, 9.17) is 0 Å². The van der Waals surface area contributed by atoms with Gasteiger partial charge in [0.2, 0.25) is 5.91 Å². The SMILES string of the molecule is COC(=O)CCCC(=O)N(C)c1ccc(F)cc1. The van der Waals surface area contributed by atoms with E-state index in [1.165, 1.54) is 36.3 Å². The molecule has 4 nitrogen and oxygen atoms in total. The Morgan fingerprint density at radius 3 is 2.39 bits per heavy atom. The summed E-state index contributed by atoms with van der Waals surface area (Å²) in [5, 5.41) is 0. The normalized spacial score (nSPS) is 9.94. The Bertz CT molecular complexity index is 417. The van der Waals surface area contributed by atoms with Gasteiger partial charge < -0.3 is 9.64 Å². The number of rotatable bonds is 5. The van der Waals surface area contributed by atoms with E-state index in [1.807, 2.05) is 0 Å². The number of anilines is 1. The number of carbonyl (C=O) groups is 2. The van der Waals surface area contributed by atoms with Gasteiger partial charge in [-0.2, -0.15) is 0 Å². The topological polar surface area (TPSA) is 46.6 Å². The highest BCUT2D eigenvalue weighted by molar-refractivity contribution is 5.92. The number of methoxy groups -OCH3 is 1. The van der Waals surface area contributed by atoms with Crippen molar-refractivity contribution in [3.05, 3.63) is 30.1 Å². The molecular formula is C13H16FNO3. The molecule has 0 atom stereocenters. The Morgan fingerprint density at radius 2 is 1.83 bits per heavy atom. The van der Waals surface area contributed by atoms with Crippen molar-refractivity contribution in [2.45, 2.75) is 19.3 Å². The summed E-state index contributed by atoms with van der Waals surface area (Å²) in [6.45, 7) is 0. The van der Waals surface area contributed by atoms with Crippen molar-refractivity contribution in [1.29, 1.82) is 0 Å². The average molecular weight is 253 g/mol. The van der Waals surface area contributed by atoms with Gasteiger partial charge in [0.25, 0.3) is 0 Å². The van der Waals surface area contributed by atoms with Gasteiger partial charge in [-0.3, -0.25) is 9.59 Å². The van der Waals surface area contributed by atoms with Gasteiger partial charge in [-0.05, 0) is 30.7 Å². The smallest absolute Gasteiger partial charge is 0.305 e. The van der Waals surface area contributed by atoms with E-state index in [-0.39, 0.29) is 30.5 Å². The summed E-state index contributed by atoms with van der Waals surface area (Å²) in [7, 11) is 2.93. The molecule has 5 heteroatoms. The van der Waals surface area contributed by atoms with Crippen LogP contribution in [0.3, 0.4) is 0 Å². The first kappa shape index (κ1) is 14.2. The summed E-state index contributed by atoms with van der Waals surface area (Å²) in [5.74, 6) is -0.789. The molecule has 98 valence electrons. The molecule has 0 aromatic heterocycles. The molecule has 0 radical (unpaired) electrons. The lowest BCUT2D eigenvalue weighted by Crippen LogP contribution is -2.26. The number of hydrogen-bond acceptors (Lipinski definition) is 3. The lowest BCUT2D eigenvalue weighted by atomic mass is 10.2. The molecule has 1 amide bonds. The van der Waals surface area contributed by atoms with Crippen LogP contribution >= 0.6 is 0 Å². The predicted octanol–water partition coefficient (Wildman–Crippen LogP) is 2.13. The first-order valence-electron chi connectivity index (χ1n) is 5.63. The number of nitrogens with zero attached hydrogens (tertiary/aromatic N) is 1. The lowest BCUT2D eigenvalue weighted by molar-refractivity contribution is -0.140. The van der Waals surface area contributed by atoms with Crippen molar-refractivity contribution >= 4 is 17.6 Å². The van der Waals surface area contributed by atoms with E-state index >= 15 is 0 Å². The molecule has 18 heavy (non-hydrogen) atoms. The molecule has 0 N–H and O–H groups in total. The Hall–Kier alpha value is -1.91. The number of carbonyl (C=O) groups excluding carboxylic acids is 2. The number of hydrogen-bond donors (Lipinski definition) is 0. The highest BCUT2D eigenvalue weighted by Crippen LogP contribution is 2.14. The summed E-state index contributed by atoms with van der Waals surface area (Å²) >= 11 is 0. The van der Waals surface area contributed by atoms with E-state index in [0.29, 0.717) is 12.1 Å². The lowest BCUT2D eigenvalue weighted by Gasteiger charge is -2.17. The number of esters is 1. The first-order chi connectivity index (χ1) is 8.54. The van der Waals surface area contributed by atoms with Gasteiger partial charge in [-0.15, -0.1) is 0 Å². The number of halogens is 1. The number of amides is 1. The minimum absolute atomic E-state index is 0.120. The van der Waals surface area contributed by atoms with Crippen LogP contribution in [0.1, 0.15) is 19.3 Å². The zero-order chi connectivity index (χ0) is 13.5. The fraction of sp³-hybridized carbons (Fsp3) is 0.385. The third kappa shape index (κ3) is 4.16. The summed E-state index contributed by atoms with van der Waals surface area (Å²) in [4.78, 5) is 24.1. The molecule has 0 aliphatic carbocycles. The fourth-order valence-corrected chi connectivity index (χ4v) is 1.46. The van der Waals surface area contributed by atoms with Crippen LogP contribution in [0, 0.1) is 5.82 Å². The zero-order valence-corrected chi connectivity index (χ0v) is 10.5. The van der Waals surface area contributed by atoms with Crippen LogP contribution in [0.25, 0.3) is 0 Å². The standard InChI is InChI=1S/C13H16FNO3/c1-15(11-8-6-10(14)7-9-11)12(16)4-3-5-13(17)18-2/h6-9H,3-5H2,1-2H3. The molecule has 0 unspecified atom stereocenters. The van der Waals surface area contributed by atoms with Crippen LogP contribution in [0.2, 0.25) is 0 Å². The molecule has 0 fully saturated rings. The van der Waals surface area contributed by atoms with Gasteiger partial charge in [-0.1, -0.05) is 0 Å². The third-order valence-corrected chi connectivity index (χ3v) is 2.59. The maximum atomic E-state index is 12.7.